The minimum Gasteiger partial charge on any atom is -0.481 e. The van der Waals surface area contributed by atoms with E-state index in [9.17, 15) is 9.59 Å². The number of carboxylic acid groups (broad SMARTS) is 1. The van der Waals surface area contributed by atoms with E-state index in [2.05, 4.69) is 6.92 Å². The van der Waals surface area contributed by atoms with Crippen LogP contribution in [-0.2, 0) is 11.2 Å². The lowest BCUT2D eigenvalue weighted by Gasteiger charge is -2.15. The van der Waals surface area contributed by atoms with Crippen molar-refractivity contribution in [2.45, 2.75) is 25.0 Å². The van der Waals surface area contributed by atoms with Crippen LogP contribution in [0.15, 0.2) is 54.6 Å². The number of rotatable bonds is 8. The average molecular weight is 328 g/mol. The van der Waals surface area contributed by atoms with E-state index < -0.39 is 5.97 Å². The molecule has 0 heterocycles. The van der Waals surface area contributed by atoms with Gasteiger partial charge < -0.3 is 5.11 Å². The molecule has 0 spiro atoms. The van der Waals surface area contributed by atoms with E-state index in [0.29, 0.717) is 12.0 Å². The van der Waals surface area contributed by atoms with Crippen LogP contribution >= 0.6 is 11.8 Å². The fourth-order valence-electron chi connectivity index (χ4n) is 2.33. The number of carboxylic acids is 1. The number of Topliss-reactive ketones (excluding diaryl/α,β-unsaturated/α-hetero) is 1. The highest BCUT2D eigenvalue weighted by atomic mass is 32.2. The second kappa shape index (κ2) is 8.53. The van der Waals surface area contributed by atoms with Crippen molar-refractivity contribution in [3.05, 3.63) is 71.3 Å². The highest BCUT2D eigenvalue weighted by molar-refractivity contribution is 8.00. The Morgan fingerprint density at radius 3 is 2.26 bits per heavy atom. The molecule has 0 saturated heterocycles. The van der Waals surface area contributed by atoms with E-state index in [4.69, 9.17) is 5.11 Å². The lowest BCUT2D eigenvalue weighted by Crippen LogP contribution is -2.08. The molecular weight excluding hydrogens is 308 g/mol. The first-order valence-corrected chi connectivity index (χ1v) is 8.65. The third kappa shape index (κ3) is 5.25. The molecule has 3 nitrogen and oxygen atoms in total. The van der Waals surface area contributed by atoms with Crippen LogP contribution in [0.4, 0.5) is 0 Å². The summed E-state index contributed by atoms with van der Waals surface area (Å²) in [7, 11) is 0. The number of ketones is 1. The lowest BCUT2D eigenvalue weighted by molar-refractivity contribution is -0.133. The van der Waals surface area contributed by atoms with Gasteiger partial charge in [0.25, 0.3) is 0 Å². The number of carbonyl (C=O) groups excluding carboxylic acids is 1. The van der Waals surface area contributed by atoms with Crippen LogP contribution in [0.25, 0.3) is 0 Å². The topological polar surface area (TPSA) is 54.4 Å². The Balaban J connectivity index is 2.12. The first kappa shape index (κ1) is 17.3. The van der Waals surface area contributed by atoms with Gasteiger partial charge in [0, 0.05) is 17.2 Å². The number of aliphatic carboxylic acids is 1. The van der Waals surface area contributed by atoms with Gasteiger partial charge in [0.15, 0.2) is 5.78 Å². The zero-order valence-electron chi connectivity index (χ0n) is 13.1. The lowest BCUT2D eigenvalue weighted by atomic mass is 10.0. The van der Waals surface area contributed by atoms with E-state index in [-0.39, 0.29) is 16.8 Å². The van der Waals surface area contributed by atoms with Crippen LogP contribution in [0.3, 0.4) is 0 Å². The number of aryl methyl sites for hydroxylation is 1. The van der Waals surface area contributed by atoms with Gasteiger partial charge in [0.1, 0.15) is 0 Å². The maximum atomic E-state index is 12.5. The summed E-state index contributed by atoms with van der Waals surface area (Å²) < 4.78 is 0. The molecule has 0 aliphatic heterocycles. The molecule has 2 rings (SSSR count). The molecule has 0 amide bonds. The van der Waals surface area contributed by atoms with Crippen LogP contribution in [-0.4, -0.2) is 22.6 Å². The van der Waals surface area contributed by atoms with Gasteiger partial charge in [0.05, 0.1) is 5.75 Å². The normalized spacial score (nSPS) is 11.9. The van der Waals surface area contributed by atoms with Crippen molar-refractivity contribution >= 4 is 23.5 Å². The summed E-state index contributed by atoms with van der Waals surface area (Å²) in [6.45, 7) is 2.07. The summed E-state index contributed by atoms with van der Waals surface area (Å²) in [5.74, 6) is -0.836. The van der Waals surface area contributed by atoms with Gasteiger partial charge in [-0.1, -0.05) is 61.5 Å². The Morgan fingerprint density at radius 1 is 1.04 bits per heavy atom. The van der Waals surface area contributed by atoms with Gasteiger partial charge in [-0.15, -0.1) is 11.8 Å². The van der Waals surface area contributed by atoms with E-state index in [1.54, 1.807) is 0 Å². The van der Waals surface area contributed by atoms with Gasteiger partial charge in [0.2, 0.25) is 0 Å². The van der Waals surface area contributed by atoms with Crippen molar-refractivity contribution < 1.29 is 14.7 Å². The Kier molecular flexibility index (Phi) is 6.41. The van der Waals surface area contributed by atoms with E-state index in [1.165, 1.54) is 17.3 Å². The Labute approximate surface area is 140 Å². The molecule has 1 N–H and O–H groups in total. The molecule has 0 bridgehead atoms. The third-order valence-electron chi connectivity index (χ3n) is 3.63. The number of hydrogen-bond donors (Lipinski definition) is 1. The van der Waals surface area contributed by atoms with Gasteiger partial charge >= 0.3 is 5.97 Å². The van der Waals surface area contributed by atoms with Crippen molar-refractivity contribution in [3.8, 4) is 0 Å². The minimum absolute atomic E-state index is 0.0123. The molecule has 2 aromatic carbocycles. The summed E-state index contributed by atoms with van der Waals surface area (Å²) in [6, 6.07) is 17.2. The van der Waals surface area contributed by atoms with Crippen LogP contribution in [0.2, 0.25) is 0 Å². The predicted octanol–water partition coefficient (Wildman–Crippen LogP) is 4.38. The smallest absolute Gasteiger partial charge is 0.313 e. The van der Waals surface area contributed by atoms with Crippen molar-refractivity contribution in [1.82, 2.24) is 0 Å². The second-order valence-electron chi connectivity index (χ2n) is 5.28. The van der Waals surface area contributed by atoms with Crippen molar-refractivity contribution in [2.75, 3.05) is 5.75 Å². The number of benzene rings is 2. The van der Waals surface area contributed by atoms with Crippen LogP contribution in [0.1, 0.15) is 40.1 Å². The molecular formula is C19H20O3S. The fraction of sp³-hybridized carbons (Fsp3) is 0.263. The quantitative estimate of drug-likeness (QED) is 0.731. The maximum Gasteiger partial charge on any atom is 0.313 e. The molecule has 4 heteroatoms. The fourth-order valence-corrected chi connectivity index (χ4v) is 3.29. The first-order valence-electron chi connectivity index (χ1n) is 7.60. The molecule has 1 unspecified atom stereocenters. The molecule has 2 aromatic rings. The molecule has 0 saturated carbocycles. The summed E-state index contributed by atoms with van der Waals surface area (Å²) in [4.78, 5) is 23.4. The highest BCUT2D eigenvalue weighted by Crippen LogP contribution is 2.33. The zero-order chi connectivity index (χ0) is 16.7. The van der Waals surface area contributed by atoms with Gasteiger partial charge in [-0.2, -0.15) is 0 Å². The molecule has 0 aromatic heterocycles. The van der Waals surface area contributed by atoms with Crippen molar-refractivity contribution in [2.24, 2.45) is 0 Å². The summed E-state index contributed by atoms with van der Waals surface area (Å²) >= 11 is 1.29. The predicted molar refractivity (Wildman–Crippen MR) is 94.0 cm³/mol. The molecule has 120 valence electrons. The monoisotopic (exact) mass is 328 g/mol. The van der Waals surface area contributed by atoms with Crippen LogP contribution in [0.5, 0.6) is 0 Å². The second-order valence-corrected chi connectivity index (χ2v) is 6.47. The molecule has 0 radical (unpaired) electrons. The molecule has 0 fully saturated rings. The van der Waals surface area contributed by atoms with Crippen molar-refractivity contribution in [1.29, 1.82) is 0 Å². The van der Waals surface area contributed by atoms with E-state index >= 15 is 0 Å². The van der Waals surface area contributed by atoms with Crippen molar-refractivity contribution in [3.63, 3.8) is 0 Å². The summed E-state index contributed by atoms with van der Waals surface area (Å²) in [5, 5.41) is 8.76. The largest absolute Gasteiger partial charge is 0.481 e. The molecule has 23 heavy (non-hydrogen) atoms. The Bertz CT molecular complexity index is 650. The Morgan fingerprint density at radius 2 is 1.70 bits per heavy atom. The average Bonchev–Trinajstić information content (AvgIpc) is 2.59. The standard InChI is InChI=1S/C19H20O3S/c1-2-14-8-10-15(11-9-14)17(20)12-18(23-13-19(21)22)16-6-4-3-5-7-16/h3-11,18H,2,12-13H2,1H3,(H,21,22). The van der Waals surface area contributed by atoms with Crippen LogP contribution in [0, 0.1) is 0 Å². The van der Waals surface area contributed by atoms with Gasteiger partial charge in [-0.25, -0.2) is 0 Å². The third-order valence-corrected chi connectivity index (χ3v) is 4.89. The molecule has 0 aliphatic rings. The van der Waals surface area contributed by atoms with Gasteiger partial charge in [-0.05, 0) is 17.5 Å². The number of hydrogen-bond acceptors (Lipinski definition) is 3. The maximum absolute atomic E-state index is 12.5. The molecule has 1 atom stereocenters. The number of thioether (sulfide) groups is 1. The van der Waals surface area contributed by atoms with E-state index in [1.807, 2.05) is 54.6 Å². The minimum atomic E-state index is -0.865. The number of carbonyl (C=O) groups is 2. The first-order chi connectivity index (χ1) is 11.1. The Hall–Kier alpha value is -2.07. The highest BCUT2D eigenvalue weighted by Gasteiger charge is 2.18. The summed E-state index contributed by atoms with van der Waals surface area (Å²) in [5.41, 5.74) is 2.86. The van der Waals surface area contributed by atoms with Gasteiger partial charge in [-0.3, -0.25) is 9.59 Å². The van der Waals surface area contributed by atoms with Crippen LogP contribution < -0.4 is 0 Å². The molecule has 0 aliphatic carbocycles. The van der Waals surface area contributed by atoms with E-state index in [0.717, 1.165) is 12.0 Å². The summed E-state index contributed by atoms with van der Waals surface area (Å²) in [6.07, 6.45) is 1.24. The SMILES string of the molecule is CCc1ccc(C(=O)CC(SCC(=O)O)c2ccccc2)cc1. The zero-order valence-corrected chi connectivity index (χ0v) is 13.9.